The number of rotatable bonds is 1. The van der Waals surface area contributed by atoms with Gasteiger partial charge in [-0.25, -0.2) is 0 Å². The smallest absolute Gasteiger partial charge is 0.227 e. The maximum absolute atomic E-state index is 12.6. The fourth-order valence-corrected chi connectivity index (χ4v) is 3.79. The van der Waals surface area contributed by atoms with Crippen LogP contribution in [0.15, 0.2) is 0 Å². The van der Waals surface area contributed by atoms with E-state index >= 15 is 0 Å². The standard InChI is InChI=1S/C14H25N3O/c1-11-13(5-6-15-11)14(18)17-9-8-16-7-3-2-4-12(16)10-17/h11-13,15H,2-10H2,1H3. The second kappa shape index (κ2) is 5.17. The fraction of sp³-hybridized carbons (Fsp3) is 0.929. The van der Waals surface area contributed by atoms with Crippen LogP contribution in [-0.2, 0) is 4.79 Å². The maximum Gasteiger partial charge on any atom is 0.227 e. The van der Waals surface area contributed by atoms with Crippen molar-refractivity contribution in [3.8, 4) is 0 Å². The van der Waals surface area contributed by atoms with Gasteiger partial charge in [-0.2, -0.15) is 0 Å². The summed E-state index contributed by atoms with van der Waals surface area (Å²) in [7, 11) is 0. The molecule has 102 valence electrons. The summed E-state index contributed by atoms with van der Waals surface area (Å²) >= 11 is 0. The highest BCUT2D eigenvalue weighted by molar-refractivity contribution is 5.80. The van der Waals surface area contributed by atoms with Gasteiger partial charge >= 0.3 is 0 Å². The van der Waals surface area contributed by atoms with E-state index in [1.807, 2.05) is 0 Å². The van der Waals surface area contributed by atoms with Crippen LogP contribution >= 0.6 is 0 Å². The highest BCUT2D eigenvalue weighted by atomic mass is 16.2. The van der Waals surface area contributed by atoms with Crippen molar-refractivity contribution in [3.05, 3.63) is 0 Å². The number of amides is 1. The number of hydrogen-bond donors (Lipinski definition) is 1. The summed E-state index contributed by atoms with van der Waals surface area (Å²) in [6.07, 6.45) is 4.98. The Labute approximate surface area is 110 Å². The lowest BCUT2D eigenvalue weighted by atomic mass is 9.96. The Kier molecular flexibility index (Phi) is 3.57. The normalized spacial score (nSPS) is 37.6. The molecular weight excluding hydrogens is 226 g/mol. The third-order valence-electron chi connectivity index (χ3n) is 4.99. The molecule has 1 amide bonds. The SMILES string of the molecule is CC1NCCC1C(=O)N1CCN2CCCCC2C1. The molecule has 0 spiro atoms. The Morgan fingerprint density at radius 3 is 2.83 bits per heavy atom. The Morgan fingerprint density at radius 2 is 2.06 bits per heavy atom. The molecule has 3 atom stereocenters. The first kappa shape index (κ1) is 12.4. The molecule has 3 rings (SSSR count). The molecule has 3 aliphatic heterocycles. The van der Waals surface area contributed by atoms with Crippen molar-refractivity contribution in [3.63, 3.8) is 0 Å². The number of carbonyl (C=O) groups is 1. The lowest BCUT2D eigenvalue weighted by Gasteiger charge is -2.44. The van der Waals surface area contributed by atoms with E-state index in [0.717, 1.165) is 32.6 Å². The fourth-order valence-electron chi connectivity index (χ4n) is 3.79. The molecule has 0 aliphatic carbocycles. The maximum atomic E-state index is 12.6. The van der Waals surface area contributed by atoms with Crippen molar-refractivity contribution in [1.82, 2.24) is 15.1 Å². The van der Waals surface area contributed by atoms with E-state index < -0.39 is 0 Å². The van der Waals surface area contributed by atoms with E-state index in [1.54, 1.807) is 0 Å². The molecule has 0 bridgehead atoms. The molecule has 0 saturated carbocycles. The quantitative estimate of drug-likeness (QED) is 0.744. The number of carbonyl (C=O) groups excluding carboxylic acids is 1. The zero-order chi connectivity index (χ0) is 12.5. The van der Waals surface area contributed by atoms with Crippen molar-refractivity contribution in [1.29, 1.82) is 0 Å². The number of piperidine rings is 1. The Morgan fingerprint density at radius 1 is 1.17 bits per heavy atom. The lowest BCUT2D eigenvalue weighted by molar-refractivity contribution is -0.139. The number of piperazine rings is 1. The van der Waals surface area contributed by atoms with Crippen LogP contribution < -0.4 is 5.32 Å². The third-order valence-corrected chi connectivity index (χ3v) is 4.99. The van der Waals surface area contributed by atoms with Gasteiger partial charge in [0.15, 0.2) is 0 Å². The van der Waals surface area contributed by atoms with E-state index in [9.17, 15) is 4.79 Å². The number of hydrogen-bond acceptors (Lipinski definition) is 3. The average Bonchev–Trinajstić information content (AvgIpc) is 2.83. The summed E-state index contributed by atoms with van der Waals surface area (Å²) in [5, 5.41) is 3.39. The molecule has 0 aromatic carbocycles. The average molecular weight is 251 g/mol. The van der Waals surface area contributed by atoms with Crippen LogP contribution in [0.1, 0.15) is 32.6 Å². The van der Waals surface area contributed by atoms with Gasteiger partial charge in [-0.15, -0.1) is 0 Å². The molecule has 4 heteroatoms. The zero-order valence-corrected chi connectivity index (χ0v) is 11.4. The van der Waals surface area contributed by atoms with Crippen LogP contribution in [0.25, 0.3) is 0 Å². The summed E-state index contributed by atoms with van der Waals surface area (Å²) in [5.74, 6) is 0.623. The first-order valence-corrected chi connectivity index (χ1v) is 7.52. The summed E-state index contributed by atoms with van der Waals surface area (Å²) < 4.78 is 0. The molecule has 18 heavy (non-hydrogen) atoms. The molecule has 1 N–H and O–H groups in total. The minimum atomic E-state index is 0.222. The van der Waals surface area contributed by atoms with Crippen LogP contribution in [0.2, 0.25) is 0 Å². The molecule has 3 unspecified atom stereocenters. The molecule has 3 saturated heterocycles. The summed E-state index contributed by atoms with van der Waals surface area (Å²) in [6, 6.07) is 1.00. The van der Waals surface area contributed by atoms with Crippen molar-refractivity contribution in [2.75, 3.05) is 32.7 Å². The minimum absolute atomic E-state index is 0.222. The van der Waals surface area contributed by atoms with Gasteiger partial charge < -0.3 is 10.2 Å². The van der Waals surface area contributed by atoms with Crippen LogP contribution in [0.4, 0.5) is 0 Å². The molecule has 3 heterocycles. The molecule has 3 aliphatic rings. The van der Waals surface area contributed by atoms with E-state index in [1.165, 1.54) is 25.8 Å². The van der Waals surface area contributed by atoms with E-state index in [4.69, 9.17) is 0 Å². The molecular formula is C14H25N3O. The number of nitrogens with zero attached hydrogens (tertiary/aromatic N) is 2. The molecule has 3 fully saturated rings. The van der Waals surface area contributed by atoms with Crippen molar-refractivity contribution in [2.24, 2.45) is 5.92 Å². The predicted molar refractivity (Wildman–Crippen MR) is 71.4 cm³/mol. The Balaban J connectivity index is 1.61. The van der Waals surface area contributed by atoms with Gasteiger partial charge in [0.1, 0.15) is 0 Å². The summed E-state index contributed by atoms with van der Waals surface area (Å²) in [5.41, 5.74) is 0. The topological polar surface area (TPSA) is 35.6 Å². The molecule has 0 radical (unpaired) electrons. The third kappa shape index (κ3) is 2.28. The zero-order valence-electron chi connectivity index (χ0n) is 11.4. The van der Waals surface area contributed by atoms with Gasteiger partial charge in [0, 0.05) is 31.7 Å². The largest absolute Gasteiger partial charge is 0.340 e. The minimum Gasteiger partial charge on any atom is -0.340 e. The van der Waals surface area contributed by atoms with Crippen molar-refractivity contribution < 1.29 is 4.79 Å². The molecule has 0 aromatic rings. The predicted octanol–water partition coefficient (Wildman–Crippen LogP) is 0.681. The van der Waals surface area contributed by atoms with Crippen molar-refractivity contribution >= 4 is 5.91 Å². The second-order valence-electron chi connectivity index (χ2n) is 6.11. The van der Waals surface area contributed by atoms with Crippen LogP contribution in [0.3, 0.4) is 0 Å². The highest BCUT2D eigenvalue weighted by Crippen LogP contribution is 2.24. The van der Waals surface area contributed by atoms with Gasteiger partial charge in [-0.05, 0) is 39.3 Å². The summed E-state index contributed by atoms with van der Waals surface area (Å²) in [4.78, 5) is 17.3. The van der Waals surface area contributed by atoms with Gasteiger partial charge in [-0.1, -0.05) is 6.42 Å². The summed E-state index contributed by atoms with van der Waals surface area (Å²) in [6.45, 7) is 7.40. The molecule has 0 aromatic heterocycles. The monoisotopic (exact) mass is 251 g/mol. The Hall–Kier alpha value is -0.610. The first-order valence-electron chi connectivity index (χ1n) is 7.52. The highest BCUT2D eigenvalue weighted by Gasteiger charge is 2.36. The van der Waals surface area contributed by atoms with Crippen LogP contribution in [0, 0.1) is 5.92 Å². The van der Waals surface area contributed by atoms with Gasteiger partial charge in [0.25, 0.3) is 0 Å². The van der Waals surface area contributed by atoms with E-state index in [2.05, 4.69) is 22.0 Å². The van der Waals surface area contributed by atoms with Gasteiger partial charge in [-0.3, -0.25) is 9.69 Å². The van der Waals surface area contributed by atoms with E-state index in [-0.39, 0.29) is 5.92 Å². The lowest BCUT2D eigenvalue weighted by Crippen LogP contribution is -2.57. The van der Waals surface area contributed by atoms with Crippen molar-refractivity contribution in [2.45, 2.75) is 44.7 Å². The van der Waals surface area contributed by atoms with Gasteiger partial charge in [0.05, 0.1) is 5.92 Å². The number of fused-ring (bicyclic) bond motifs is 1. The first-order chi connectivity index (χ1) is 8.75. The number of nitrogens with one attached hydrogen (secondary N) is 1. The van der Waals surface area contributed by atoms with Crippen LogP contribution in [-0.4, -0.2) is 60.5 Å². The Bertz CT molecular complexity index is 320. The molecule has 4 nitrogen and oxygen atoms in total. The van der Waals surface area contributed by atoms with E-state index in [0.29, 0.717) is 18.0 Å². The van der Waals surface area contributed by atoms with Crippen LogP contribution in [0.5, 0.6) is 0 Å². The second-order valence-corrected chi connectivity index (χ2v) is 6.11. The van der Waals surface area contributed by atoms with Gasteiger partial charge in [0.2, 0.25) is 5.91 Å².